The summed E-state index contributed by atoms with van der Waals surface area (Å²) in [5.74, 6) is 0.249. The molecule has 3 N–H and O–H groups in total. The first-order valence-corrected chi connectivity index (χ1v) is 6.19. The van der Waals surface area contributed by atoms with E-state index >= 15 is 0 Å². The third kappa shape index (κ3) is 4.37. The van der Waals surface area contributed by atoms with Gasteiger partial charge >= 0.3 is 0 Å². The Labute approximate surface area is 109 Å². The van der Waals surface area contributed by atoms with E-state index in [0.29, 0.717) is 18.3 Å². The number of benzene rings is 1. The molecule has 4 heteroatoms. The van der Waals surface area contributed by atoms with Crippen LogP contribution in [0.3, 0.4) is 0 Å². The highest BCUT2D eigenvalue weighted by Gasteiger charge is 2.13. The van der Waals surface area contributed by atoms with Gasteiger partial charge in [-0.25, -0.2) is 0 Å². The average molecular weight is 250 g/mol. The van der Waals surface area contributed by atoms with Gasteiger partial charge in [0.2, 0.25) is 0 Å². The molecule has 0 aromatic heterocycles. The summed E-state index contributed by atoms with van der Waals surface area (Å²) in [7, 11) is 0. The van der Waals surface area contributed by atoms with Crippen LogP contribution in [0.2, 0.25) is 0 Å². The summed E-state index contributed by atoms with van der Waals surface area (Å²) < 4.78 is 5.58. The molecule has 1 amide bonds. The number of carbonyl (C=O) groups is 1. The monoisotopic (exact) mass is 250 g/mol. The molecule has 0 bridgehead atoms. The lowest BCUT2D eigenvalue weighted by atomic mass is 10.1. The van der Waals surface area contributed by atoms with Crippen molar-refractivity contribution < 1.29 is 9.53 Å². The van der Waals surface area contributed by atoms with Crippen molar-refractivity contribution in [1.82, 2.24) is 5.32 Å². The molecule has 0 aliphatic carbocycles. The molecule has 0 spiro atoms. The second kappa shape index (κ2) is 6.40. The zero-order valence-electron chi connectivity index (χ0n) is 11.5. The van der Waals surface area contributed by atoms with Crippen LogP contribution in [0.4, 0.5) is 0 Å². The predicted molar refractivity (Wildman–Crippen MR) is 72.4 cm³/mol. The summed E-state index contributed by atoms with van der Waals surface area (Å²) in [4.78, 5) is 11.0. The first-order valence-electron chi connectivity index (χ1n) is 6.19. The van der Waals surface area contributed by atoms with Gasteiger partial charge in [-0.3, -0.25) is 4.79 Å². The summed E-state index contributed by atoms with van der Waals surface area (Å²) >= 11 is 0. The minimum absolute atomic E-state index is 0.395. The Bertz CT molecular complexity index is 416. The highest BCUT2D eigenvalue weighted by molar-refractivity contribution is 5.78. The molecule has 1 aromatic rings. The van der Waals surface area contributed by atoms with Crippen molar-refractivity contribution in [2.45, 2.75) is 46.4 Å². The number of primary amides is 1. The molecular formula is C14H22N2O2. The van der Waals surface area contributed by atoms with Gasteiger partial charge in [0.05, 0.1) is 0 Å². The number of amides is 1. The second-order valence-electron chi connectivity index (χ2n) is 4.81. The standard InChI is InChI=1S/C14H22N2O2/c1-9(2)16-8-12-7-10(3)5-6-13(12)18-11(4)14(15)17/h5-7,9,11,16H,8H2,1-4H3,(H2,15,17). The Balaban J connectivity index is 2.85. The van der Waals surface area contributed by atoms with E-state index in [1.807, 2.05) is 19.1 Å². The number of rotatable bonds is 6. The molecule has 4 nitrogen and oxygen atoms in total. The van der Waals surface area contributed by atoms with Gasteiger partial charge in [0.25, 0.3) is 5.91 Å². The third-order valence-corrected chi connectivity index (χ3v) is 2.62. The van der Waals surface area contributed by atoms with Gasteiger partial charge in [0.15, 0.2) is 6.10 Å². The first-order chi connectivity index (χ1) is 8.40. The maximum Gasteiger partial charge on any atom is 0.258 e. The number of hydrogen-bond donors (Lipinski definition) is 2. The molecule has 0 heterocycles. The quantitative estimate of drug-likeness (QED) is 0.808. The third-order valence-electron chi connectivity index (χ3n) is 2.62. The van der Waals surface area contributed by atoms with Crippen molar-refractivity contribution in [2.24, 2.45) is 5.73 Å². The Morgan fingerprint density at radius 1 is 1.39 bits per heavy atom. The number of nitrogens with two attached hydrogens (primary N) is 1. The molecule has 0 fully saturated rings. The van der Waals surface area contributed by atoms with Crippen molar-refractivity contribution in [3.8, 4) is 5.75 Å². The number of hydrogen-bond acceptors (Lipinski definition) is 3. The van der Waals surface area contributed by atoms with E-state index in [1.165, 1.54) is 0 Å². The summed E-state index contributed by atoms with van der Waals surface area (Å²) in [5.41, 5.74) is 7.41. The second-order valence-corrected chi connectivity index (χ2v) is 4.81. The summed E-state index contributed by atoms with van der Waals surface area (Å²) in [5, 5.41) is 3.34. The van der Waals surface area contributed by atoms with Crippen LogP contribution in [0.5, 0.6) is 5.75 Å². The maximum absolute atomic E-state index is 11.0. The molecule has 1 unspecified atom stereocenters. The fourth-order valence-corrected chi connectivity index (χ4v) is 1.52. The lowest BCUT2D eigenvalue weighted by Gasteiger charge is -2.17. The van der Waals surface area contributed by atoms with Crippen LogP contribution in [0.1, 0.15) is 31.9 Å². The normalized spacial score (nSPS) is 12.5. The Morgan fingerprint density at radius 2 is 2.06 bits per heavy atom. The van der Waals surface area contributed by atoms with Gasteiger partial charge in [0, 0.05) is 18.2 Å². The Hall–Kier alpha value is -1.55. The van der Waals surface area contributed by atoms with Crippen molar-refractivity contribution in [3.05, 3.63) is 29.3 Å². The molecule has 1 atom stereocenters. The van der Waals surface area contributed by atoms with Crippen LogP contribution in [0.25, 0.3) is 0 Å². The van der Waals surface area contributed by atoms with E-state index in [0.717, 1.165) is 11.1 Å². The first kappa shape index (κ1) is 14.5. The zero-order chi connectivity index (χ0) is 13.7. The molecule has 1 aromatic carbocycles. The van der Waals surface area contributed by atoms with Crippen LogP contribution < -0.4 is 15.8 Å². The molecule has 18 heavy (non-hydrogen) atoms. The van der Waals surface area contributed by atoms with E-state index < -0.39 is 12.0 Å². The van der Waals surface area contributed by atoms with Crippen molar-refractivity contribution in [3.63, 3.8) is 0 Å². The van der Waals surface area contributed by atoms with Gasteiger partial charge in [-0.2, -0.15) is 0 Å². The van der Waals surface area contributed by atoms with Crippen LogP contribution >= 0.6 is 0 Å². The lowest BCUT2D eigenvalue weighted by molar-refractivity contribution is -0.124. The van der Waals surface area contributed by atoms with E-state index in [2.05, 4.69) is 25.2 Å². The number of carbonyl (C=O) groups excluding carboxylic acids is 1. The number of ether oxygens (including phenoxy) is 1. The summed E-state index contributed by atoms with van der Waals surface area (Å²) in [6.45, 7) is 8.56. The zero-order valence-corrected chi connectivity index (χ0v) is 11.5. The minimum atomic E-state index is -0.620. The highest BCUT2D eigenvalue weighted by atomic mass is 16.5. The topological polar surface area (TPSA) is 64.3 Å². The van der Waals surface area contributed by atoms with Gasteiger partial charge < -0.3 is 15.8 Å². The predicted octanol–water partition coefficient (Wildman–Crippen LogP) is 1.75. The van der Waals surface area contributed by atoms with E-state index in [-0.39, 0.29) is 0 Å². The van der Waals surface area contributed by atoms with E-state index in [4.69, 9.17) is 10.5 Å². The molecule has 0 saturated heterocycles. The van der Waals surface area contributed by atoms with Gasteiger partial charge in [-0.1, -0.05) is 31.5 Å². The molecule has 0 radical (unpaired) electrons. The minimum Gasteiger partial charge on any atom is -0.481 e. The van der Waals surface area contributed by atoms with Crippen molar-refractivity contribution >= 4 is 5.91 Å². The van der Waals surface area contributed by atoms with Gasteiger partial charge in [-0.05, 0) is 19.9 Å². The summed E-state index contributed by atoms with van der Waals surface area (Å²) in [6, 6.07) is 6.29. The Morgan fingerprint density at radius 3 is 2.61 bits per heavy atom. The van der Waals surface area contributed by atoms with Crippen molar-refractivity contribution in [1.29, 1.82) is 0 Å². The fraction of sp³-hybridized carbons (Fsp3) is 0.500. The van der Waals surface area contributed by atoms with E-state index in [9.17, 15) is 4.79 Å². The van der Waals surface area contributed by atoms with Crippen LogP contribution in [-0.4, -0.2) is 18.1 Å². The average Bonchev–Trinajstić information content (AvgIpc) is 2.29. The largest absolute Gasteiger partial charge is 0.481 e. The fourth-order valence-electron chi connectivity index (χ4n) is 1.52. The Kier molecular flexibility index (Phi) is 5.16. The molecule has 0 aliphatic rings. The van der Waals surface area contributed by atoms with Crippen molar-refractivity contribution in [2.75, 3.05) is 0 Å². The molecule has 100 valence electrons. The SMILES string of the molecule is Cc1ccc(OC(C)C(N)=O)c(CNC(C)C)c1. The molecular weight excluding hydrogens is 228 g/mol. The summed E-state index contributed by atoms with van der Waals surface area (Å²) in [6.07, 6.45) is -0.620. The lowest BCUT2D eigenvalue weighted by Crippen LogP contribution is -2.31. The smallest absolute Gasteiger partial charge is 0.258 e. The van der Waals surface area contributed by atoms with E-state index in [1.54, 1.807) is 6.92 Å². The van der Waals surface area contributed by atoms with Crippen LogP contribution in [0, 0.1) is 6.92 Å². The number of nitrogens with one attached hydrogen (secondary N) is 1. The number of aryl methyl sites for hydroxylation is 1. The van der Waals surface area contributed by atoms with Crippen LogP contribution in [0.15, 0.2) is 18.2 Å². The van der Waals surface area contributed by atoms with Gasteiger partial charge in [0.1, 0.15) is 5.75 Å². The molecule has 1 rings (SSSR count). The molecule has 0 saturated carbocycles. The van der Waals surface area contributed by atoms with Gasteiger partial charge in [-0.15, -0.1) is 0 Å². The maximum atomic E-state index is 11.0. The van der Waals surface area contributed by atoms with Crippen LogP contribution in [-0.2, 0) is 11.3 Å². The highest BCUT2D eigenvalue weighted by Crippen LogP contribution is 2.21. The molecule has 0 aliphatic heterocycles.